The second kappa shape index (κ2) is 21.2. The fraction of sp³-hybridized carbons (Fsp3) is 0.644. The van der Waals surface area contributed by atoms with E-state index in [1.165, 1.54) is 35.8 Å². The minimum absolute atomic E-state index is 0.0153. The van der Waals surface area contributed by atoms with E-state index in [2.05, 4.69) is 10.7 Å². The summed E-state index contributed by atoms with van der Waals surface area (Å²) in [5.74, 6) is 4.32. The Morgan fingerprint density at radius 3 is 2.46 bits per heavy atom. The Balaban J connectivity index is 1.09. The summed E-state index contributed by atoms with van der Waals surface area (Å²) < 4.78 is 35.2. The zero-order chi connectivity index (χ0) is 47.3. The van der Waals surface area contributed by atoms with Crippen LogP contribution in [-0.4, -0.2) is 133 Å². The van der Waals surface area contributed by atoms with Gasteiger partial charge >= 0.3 is 12.1 Å². The van der Waals surface area contributed by atoms with E-state index in [0.717, 1.165) is 24.0 Å². The molecular formula is C45H62ClN5O13S. The van der Waals surface area contributed by atoms with E-state index in [0.29, 0.717) is 43.0 Å². The monoisotopic (exact) mass is 947 g/mol. The number of nitrogens with zero attached hydrogens (tertiary/aromatic N) is 2. The maximum Gasteiger partial charge on any atom is 0.409 e. The van der Waals surface area contributed by atoms with Crippen molar-refractivity contribution in [2.24, 2.45) is 17.7 Å². The number of nitrogens with two attached hydrogens (primary N) is 1. The summed E-state index contributed by atoms with van der Waals surface area (Å²) in [5.41, 5.74) is 0.0396. The van der Waals surface area contributed by atoms with Crippen molar-refractivity contribution in [1.82, 2.24) is 15.6 Å². The molecule has 1 saturated carbocycles. The third-order valence-corrected chi connectivity index (χ3v) is 14.7. The van der Waals surface area contributed by atoms with E-state index in [1.807, 2.05) is 13.0 Å². The van der Waals surface area contributed by atoms with Crippen LogP contribution in [0.1, 0.15) is 84.1 Å². The van der Waals surface area contributed by atoms with E-state index >= 15 is 0 Å². The van der Waals surface area contributed by atoms with Crippen LogP contribution >= 0.6 is 23.4 Å². The Morgan fingerprint density at radius 2 is 1.78 bits per heavy atom. The van der Waals surface area contributed by atoms with Gasteiger partial charge in [-0.3, -0.25) is 39.6 Å². The van der Waals surface area contributed by atoms with Crippen LogP contribution in [0, 0.1) is 11.8 Å². The third-order valence-electron chi connectivity index (χ3n) is 13.1. The van der Waals surface area contributed by atoms with Crippen molar-refractivity contribution in [3.8, 4) is 5.75 Å². The molecule has 3 saturated heterocycles. The molecule has 1 aromatic carbocycles. The summed E-state index contributed by atoms with van der Waals surface area (Å²) in [4.78, 5) is 81.2. The largest absolute Gasteiger partial charge is 0.495 e. The molecule has 1 aliphatic carbocycles. The number of carbonyl (C=O) groups is 6. The number of methoxy groups -OCH3 is 2. The van der Waals surface area contributed by atoms with E-state index in [9.17, 15) is 33.9 Å². The molecule has 0 spiro atoms. The molecule has 6 aliphatic rings. The summed E-state index contributed by atoms with van der Waals surface area (Å²) in [5, 5.41) is 14.0. The number of anilines is 1. The molecule has 1 aromatic rings. The Kier molecular flexibility index (Phi) is 16.3. The first-order chi connectivity index (χ1) is 30.8. The highest BCUT2D eigenvalue weighted by atomic mass is 35.5. The minimum atomic E-state index is -1.87. The number of allylic oxidation sites excluding steroid dienone is 3. The van der Waals surface area contributed by atoms with E-state index in [-0.39, 0.29) is 79.9 Å². The summed E-state index contributed by atoms with van der Waals surface area (Å²) in [7, 11) is 4.48. The van der Waals surface area contributed by atoms with Crippen LogP contribution in [0.4, 0.5) is 10.5 Å². The number of rotatable bonds is 13. The Hall–Kier alpha value is -4.24. The average Bonchev–Trinajstić information content (AvgIpc) is 3.52. The predicted octanol–water partition coefficient (Wildman–Crippen LogP) is 3.88. The Morgan fingerprint density at radius 1 is 1.06 bits per heavy atom. The second-order valence-corrected chi connectivity index (χ2v) is 19.7. The molecular weight excluding hydrogens is 886 g/mol. The van der Waals surface area contributed by atoms with Gasteiger partial charge in [-0.05, 0) is 76.5 Å². The number of hydrazine groups is 1. The van der Waals surface area contributed by atoms with Gasteiger partial charge in [-0.15, -0.1) is 11.8 Å². The number of alkyl carbamates (subject to hydrolysis) is 1. The van der Waals surface area contributed by atoms with E-state index < -0.39 is 58.5 Å². The Bertz CT molecular complexity index is 2040. The van der Waals surface area contributed by atoms with Gasteiger partial charge in [0.2, 0.25) is 23.6 Å². The number of amides is 5. The number of esters is 1. The first-order valence-electron chi connectivity index (χ1n) is 22.0. The molecule has 7 atom stereocenters. The van der Waals surface area contributed by atoms with Gasteiger partial charge in [0, 0.05) is 51.6 Å². The molecule has 65 heavy (non-hydrogen) atoms. The summed E-state index contributed by atoms with van der Waals surface area (Å²) in [6.07, 6.45) is 4.24. The molecule has 5 heterocycles. The number of halogens is 1. The number of benzene rings is 1. The highest BCUT2D eigenvalue weighted by Crippen LogP contribution is 2.50. The molecule has 6 bridgehead atoms. The fourth-order valence-electron chi connectivity index (χ4n) is 9.58. The first kappa shape index (κ1) is 50.2. The van der Waals surface area contributed by atoms with E-state index in [1.54, 1.807) is 45.2 Å². The number of thioether (sulfide) groups is 1. The van der Waals surface area contributed by atoms with Crippen molar-refractivity contribution >= 4 is 64.7 Å². The number of fused-ring (bicyclic) bond motifs is 6. The van der Waals surface area contributed by atoms with Crippen molar-refractivity contribution < 1.29 is 62.3 Å². The summed E-state index contributed by atoms with van der Waals surface area (Å²) >= 11 is 8.10. The highest BCUT2D eigenvalue weighted by molar-refractivity contribution is 8.00. The minimum Gasteiger partial charge on any atom is -0.495 e. The van der Waals surface area contributed by atoms with Gasteiger partial charge in [-0.1, -0.05) is 35.4 Å². The lowest BCUT2D eigenvalue weighted by molar-refractivity contribution is -0.328. The molecule has 5 N–H and O–H groups in total. The fourth-order valence-corrected chi connectivity index (χ4v) is 10.9. The van der Waals surface area contributed by atoms with Gasteiger partial charge in [0.25, 0.3) is 0 Å². The lowest BCUT2D eigenvalue weighted by atomic mass is 9.72. The van der Waals surface area contributed by atoms with Crippen LogP contribution in [0.5, 0.6) is 5.75 Å². The van der Waals surface area contributed by atoms with Crippen LogP contribution in [0.3, 0.4) is 0 Å². The molecule has 0 radical (unpaired) electrons. The Labute approximate surface area is 388 Å². The van der Waals surface area contributed by atoms with Crippen molar-refractivity contribution in [3.05, 3.63) is 46.5 Å². The third kappa shape index (κ3) is 11.7. The molecule has 18 nitrogen and oxygen atoms in total. The number of ether oxygens (including phenoxy) is 6. The van der Waals surface area contributed by atoms with Gasteiger partial charge in [-0.25, -0.2) is 10.6 Å². The summed E-state index contributed by atoms with van der Waals surface area (Å²) in [6.45, 7) is 5.88. The van der Waals surface area contributed by atoms with Gasteiger partial charge in [0.15, 0.2) is 5.72 Å². The lowest BCUT2D eigenvalue weighted by Crippen LogP contribution is -2.72. The molecule has 5 aliphatic heterocycles. The van der Waals surface area contributed by atoms with Crippen LogP contribution in [-0.2, 0) is 54.1 Å². The number of hydrogen-bond acceptors (Lipinski definition) is 15. The molecule has 358 valence electrons. The van der Waals surface area contributed by atoms with Crippen molar-refractivity contribution in [2.75, 3.05) is 51.7 Å². The zero-order valence-electron chi connectivity index (χ0n) is 37.9. The zero-order valence-corrected chi connectivity index (χ0v) is 39.4. The van der Waals surface area contributed by atoms with Gasteiger partial charge in [-0.2, -0.15) is 0 Å². The number of likely N-dealkylation sites (tertiary alicyclic amines) is 1. The van der Waals surface area contributed by atoms with Gasteiger partial charge in [0.05, 0.1) is 44.1 Å². The molecule has 20 heteroatoms. The second-order valence-electron chi connectivity index (χ2n) is 18.0. The lowest BCUT2D eigenvalue weighted by Gasteiger charge is -2.59. The topological polar surface area (TPSA) is 235 Å². The average molecular weight is 949 g/mol. The van der Waals surface area contributed by atoms with Crippen LogP contribution in [0.2, 0.25) is 5.02 Å². The van der Waals surface area contributed by atoms with Crippen LogP contribution in [0.15, 0.2) is 35.9 Å². The van der Waals surface area contributed by atoms with Gasteiger partial charge in [0.1, 0.15) is 40.3 Å². The van der Waals surface area contributed by atoms with Crippen molar-refractivity contribution in [3.63, 3.8) is 0 Å². The van der Waals surface area contributed by atoms with Crippen LogP contribution < -0.4 is 26.2 Å². The maximum absolute atomic E-state index is 14.2. The van der Waals surface area contributed by atoms with Crippen LogP contribution in [0.25, 0.3) is 0 Å². The predicted molar refractivity (Wildman–Crippen MR) is 240 cm³/mol. The standard InChI is InChI=1S/C45H62ClN5O13S/c1-26-8-7-9-33(60-6)45(58)23-35(63-42(57)48-45)44(3)25-43(2,64-44)34(22-36(52)50(4)30-19-28(18-26)20-31(59-5)39(30)46)62-38(54)14-15-61-16-17-65-32-21-37(53)51(41(32)56)24-27-10-12-29(13-11-27)40(55)49-47/h7-9,19-20,27,29,32-35,58H,10-18,21-25,47H2,1-6H3,(H,48,57)(H,49,55)/b9-7+,26-8+/t27-,29-,32?,33-,34+,35?,43-,44?,45+/m1/s1. The number of imide groups is 1. The van der Waals surface area contributed by atoms with Gasteiger partial charge < -0.3 is 38.4 Å². The number of hydrogen-bond donors (Lipinski definition) is 4. The van der Waals surface area contributed by atoms with E-state index in [4.69, 9.17) is 45.9 Å². The highest BCUT2D eigenvalue weighted by Gasteiger charge is 2.63. The first-order valence-corrected chi connectivity index (χ1v) is 23.4. The normalized spacial score (nSPS) is 33.3. The molecule has 3 unspecified atom stereocenters. The van der Waals surface area contributed by atoms with Crippen molar-refractivity contribution in [1.29, 1.82) is 0 Å². The number of nitrogens with one attached hydrogen (secondary N) is 2. The molecule has 5 amide bonds. The summed E-state index contributed by atoms with van der Waals surface area (Å²) in [6, 6.07) is 3.58. The number of carbonyl (C=O) groups excluding carboxylic acids is 6. The quantitative estimate of drug-likeness (QED) is 0.0549. The molecule has 0 aromatic heterocycles. The van der Waals surface area contributed by atoms with Crippen molar-refractivity contribution in [2.45, 2.75) is 125 Å². The maximum atomic E-state index is 14.2. The molecule has 4 fully saturated rings. The number of aliphatic hydroxyl groups is 1. The molecule has 7 rings (SSSR count). The smallest absolute Gasteiger partial charge is 0.409 e. The SMILES string of the molecule is COc1cc2cc(c1Cl)N(C)C(=O)C[C@H](OC(=O)CCOCCSC1CC(=O)N(C[C@H]3CC[C@H](C(=O)NN)CC3)C1=O)[C@@]1(C)CC(C)(O1)C1C[C@@](O)(NC(=O)O1)[C@H](OC)/C=C/C=C(\C)C2.